The molecule has 1 saturated carbocycles. The number of benzene rings is 1. The molecule has 2 rings (SSSR count). The highest BCUT2D eigenvalue weighted by Crippen LogP contribution is 2.24. The van der Waals surface area contributed by atoms with Crippen molar-refractivity contribution in [1.82, 2.24) is 5.32 Å². The number of Topliss-reactive ketones (excluding diaryl/α,β-unsaturated/α-hetero) is 1. The molecule has 0 bridgehead atoms. The summed E-state index contributed by atoms with van der Waals surface area (Å²) < 4.78 is 5.06. The maximum absolute atomic E-state index is 12.2. The first kappa shape index (κ1) is 19.9. The predicted octanol–water partition coefficient (Wildman–Crippen LogP) is 3.20. The molecule has 6 heteroatoms. The van der Waals surface area contributed by atoms with Crippen LogP contribution in [0.15, 0.2) is 24.3 Å². The second kappa shape index (κ2) is 9.94. The molecule has 26 heavy (non-hydrogen) atoms. The first-order valence-electron chi connectivity index (χ1n) is 9.20. The van der Waals surface area contributed by atoms with Crippen LogP contribution in [-0.4, -0.2) is 35.9 Å². The van der Waals surface area contributed by atoms with E-state index in [1.807, 2.05) is 0 Å². The molecule has 1 aliphatic carbocycles. The number of aliphatic carboxylic acids is 1. The van der Waals surface area contributed by atoms with Crippen LogP contribution in [0.1, 0.15) is 61.7 Å². The molecule has 6 nitrogen and oxygen atoms in total. The Hall–Kier alpha value is -2.37. The molecule has 142 valence electrons. The van der Waals surface area contributed by atoms with Crippen LogP contribution < -0.4 is 10.1 Å². The van der Waals surface area contributed by atoms with Gasteiger partial charge in [0.15, 0.2) is 5.78 Å². The van der Waals surface area contributed by atoms with Gasteiger partial charge in [-0.2, -0.15) is 0 Å². The van der Waals surface area contributed by atoms with Crippen LogP contribution in [0.4, 0.5) is 0 Å². The van der Waals surface area contributed by atoms with Crippen molar-refractivity contribution in [3.05, 3.63) is 29.8 Å². The molecule has 0 spiro atoms. The molecule has 1 fully saturated rings. The molecule has 0 aromatic heterocycles. The molecule has 2 atom stereocenters. The van der Waals surface area contributed by atoms with Crippen LogP contribution in [-0.2, 0) is 9.59 Å². The molecule has 1 aromatic rings. The van der Waals surface area contributed by atoms with Crippen LogP contribution in [0.5, 0.6) is 5.75 Å². The van der Waals surface area contributed by atoms with Crippen molar-refractivity contribution in [2.24, 2.45) is 5.92 Å². The second-order valence-electron chi connectivity index (χ2n) is 6.76. The fourth-order valence-corrected chi connectivity index (χ4v) is 3.39. The van der Waals surface area contributed by atoms with Gasteiger partial charge >= 0.3 is 5.97 Å². The number of hydrogen-bond acceptors (Lipinski definition) is 4. The average Bonchev–Trinajstić information content (AvgIpc) is 2.87. The van der Waals surface area contributed by atoms with E-state index in [9.17, 15) is 19.5 Å². The smallest absolute Gasteiger partial charge is 0.308 e. The van der Waals surface area contributed by atoms with Crippen molar-refractivity contribution in [2.75, 3.05) is 7.11 Å². The first-order valence-corrected chi connectivity index (χ1v) is 9.20. The van der Waals surface area contributed by atoms with E-state index >= 15 is 0 Å². The Bertz CT molecular complexity index is 626. The third-order valence-electron chi connectivity index (χ3n) is 4.90. The summed E-state index contributed by atoms with van der Waals surface area (Å²) in [5.41, 5.74) is 0.598. The van der Waals surface area contributed by atoms with E-state index in [0.717, 1.165) is 19.3 Å². The number of rotatable bonds is 8. The summed E-state index contributed by atoms with van der Waals surface area (Å²) in [5, 5.41) is 12.2. The Balaban J connectivity index is 1.78. The molecule has 0 radical (unpaired) electrons. The predicted molar refractivity (Wildman–Crippen MR) is 97.3 cm³/mol. The highest BCUT2D eigenvalue weighted by molar-refractivity contribution is 5.96. The van der Waals surface area contributed by atoms with Gasteiger partial charge in [-0.05, 0) is 43.5 Å². The SMILES string of the molecule is COc1ccc(C(=O)CCCC(=O)N[C@H]2CCCCC[C@H]2C(=O)O)cc1. The van der Waals surface area contributed by atoms with Crippen LogP contribution in [0, 0.1) is 5.92 Å². The number of carboxylic acids is 1. The monoisotopic (exact) mass is 361 g/mol. The molecule has 0 unspecified atom stereocenters. The lowest BCUT2D eigenvalue weighted by Crippen LogP contribution is -2.42. The van der Waals surface area contributed by atoms with Gasteiger partial charge in [0.1, 0.15) is 5.75 Å². The molecule has 1 aliphatic rings. The van der Waals surface area contributed by atoms with Crippen LogP contribution in [0.2, 0.25) is 0 Å². The number of hydrogen-bond donors (Lipinski definition) is 2. The Morgan fingerprint density at radius 1 is 1.08 bits per heavy atom. The van der Waals surface area contributed by atoms with Gasteiger partial charge in [-0.15, -0.1) is 0 Å². The second-order valence-corrected chi connectivity index (χ2v) is 6.76. The van der Waals surface area contributed by atoms with Crippen LogP contribution in [0.3, 0.4) is 0 Å². The first-order chi connectivity index (χ1) is 12.5. The van der Waals surface area contributed by atoms with Gasteiger partial charge < -0.3 is 15.2 Å². The zero-order chi connectivity index (χ0) is 18.9. The van der Waals surface area contributed by atoms with E-state index in [1.54, 1.807) is 31.4 Å². The largest absolute Gasteiger partial charge is 0.497 e. The van der Waals surface area contributed by atoms with Gasteiger partial charge in [-0.3, -0.25) is 14.4 Å². The summed E-state index contributed by atoms with van der Waals surface area (Å²) in [5.74, 6) is -0.851. The molecule has 0 heterocycles. The maximum atomic E-state index is 12.2. The Labute approximate surface area is 153 Å². The van der Waals surface area contributed by atoms with Gasteiger partial charge in [0.05, 0.1) is 13.0 Å². The van der Waals surface area contributed by atoms with Gasteiger partial charge in [-0.25, -0.2) is 0 Å². The summed E-state index contributed by atoms with van der Waals surface area (Å²) in [4.78, 5) is 35.7. The molecule has 0 saturated heterocycles. The zero-order valence-corrected chi connectivity index (χ0v) is 15.2. The minimum atomic E-state index is -0.841. The summed E-state index contributed by atoms with van der Waals surface area (Å²) in [6.07, 6.45) is 5.10. The van der Waals surface area contributed by atoms with Gasteiger partial charge in [0.25, 0.3) is 0 Å². The van der Waals surface area contributed by atoms with Crippen molar-refractivity contribution in [2.45, 2.75) is 57.4 Å². The number of carboxylic acid groups (broad SMARTS) is 1. The zero-order valence-electron chi connectivity index (χ0n) is 15.2. The minimum Gasteiger partial charge on any atom is -0.497 e. The number of amides is 1. The molecular weight excluding hydrogens is 334 g/mol. The summed E-state index contributed by atoms with van der Waals surface area (Å²) in [6, 6.07) is 6.59. The van der Waals surface area contributed by atoms with Gasteiger partial charge in [-0.1, -0.05) is 19.3 Å². The van der Waals surface area contributed by atoms with E-state index in [1.165, 1.54) is 0 Å². The Morgan fingerprint density at radius 2 is 1.77 bits per heavy atom. The quantitative estimate of drug-likeness (QED) is 0.548. The van der Waals surface area contributed by atoms with E-state index in [2.05, 4.69) is 5.32 Å². The fraction of sp³-hybridized carbons (Fsp3) is 0.550. The lowest BCUT2D eigenvalue weighted by molar-refractivity contribution is -0.143. The lowest BCUT2D eigenvalue weighted by atomic mass is 9.94. The normalized spacial score (nSPS) is 20.0. The number of carbonyl (C=O) groups is 3. The summed E-state index contributed by atoms with van der Waals surface area (Å²) in [6.45, 7) is 0. The number of nitrogens with one attached hydrogen (secondary N) is 1. The molecular formula is C20H27NO5. The van der Waals surface area contributed by atoms with Gasteiger partial charge in [0, 0.05) is 24.4 Å². The number of ketones is 1. The lowest BCUT2D eigenvalue weighted by Gasteiger charge is -2.22. The number of carbonyl (C=O) groups excluding carboxylic acids is 2. The van der Waals surface area contributed by atoms with Crippen LogP contribution in [0.25, 0.3) is 0 Å². The maximum Gasteiger partial charge on any atom is 0.308 e. The third kappa shape index (κ3) is 5.86. The summed E-state index contributed by atoms with van der Waals surface area (Å²) >= 11 is 0. The van der Waals surface area contributed by atoms with E-state index in [0.29, 0.717) is 30.6 Å². The molecule has 1 aromatic carbocycles. The highest BCUT2D eigenvalue weighted by atomic mass is 16.5. The van der Waals surface area contributed by atoms with Crippen molar-refractivity contribution in [3.8, 4) is 5.75 Å². The minimum absolute atomic E-state index is 0.0154. The Kier molecular flexibility index (Phi) is 7.63. The van der Waals surface area contributed by atoms with Crippen LogP contribution >= 0.6 is 0 Å². The highest BCUT2D eigenvalue weighted by Gasteiger charge is 2.30. The standard InChI is InChI=1S/C20H27NO5/c1-26-15-12-10-14(11-13-15)18(22)8-5-9-19(23)21-17-7-4-2-3-6-16(17)20(24)25/h10-13,16-17H,2-9H2,1H3,(H,21,23)(H,24,25)/t16-,17+/m1/s1. The van der Waals surface area contributed by atoms with E-state index < -0.39 is 11.9 Å². The van der Waals surface area contributed by atoms with E-state index in [-0.39, 0.29) is 30.6 Å². The fourth-order valence-electron chi connectivity index (χ4n) is 3.39. The van der Waals surface area contributed by atoms with Crippen molar-refractivity contribution < 1.29 is 24.2 Å². The molecule has 2 N–H and O–H groups in total. The van der Waals surface area contributed by atoms with Gasteiger partial charge in [0.2, 0.25) is 5.91 Å². The third-order valence-corrected chi connectivity index (χ3v) is 4.90. The summed E-state index contributed by atoms with van der Waals surface area (Å²) in [7, 11) is 1.57. The van der Waals surface area contributed by atoms with E-state index in [4.69, 9.17) is 4.74 Å². The molecule has 1 amide bonds. The number of methoxy groups -OCH3 is 1. The molecule has 0 aliphatic heterocycles. The number of ether oxygens (including phenoxy) is 1. The van der Waals surface area contributed by atoms with Crippen molar-refractivity contribution in [3.63, 3.8) is 0 Å². The van der Waals surface area contributed by atoms with Crippen molar-refractivity contribution in [1.29, 1.82) is 0 Å². The average molecular weight is 361 g/mol. The topological polar surface area (TPSA) is 92.7 Å². The Morgan fingerprint density at radius 3 is 2.42 bits per heavy atom. The van der Waals surface area contributed by atoms with Crippen molar-refractivity contribution >= 4 is 17.7 Å².